The Morgan fingerprint density at radius 3 is 2.23 bits per heavy atom. The maximum absolute atomic E-state index is 13.5. The lowest BCUT2D eigenvalue weighted by atomic mass is 9.66. The number of aromatic nitrogens is 2. The number of rotatable bonds is 8. The average Bonchev–Trinajstić information content (AvgIpc) is 3.50. The maximum atomic E-state index is 13.5. The van der Waals surface area contributed by atoms with Crippen LogP contribution in [-0.4, -0.2) is 53.4 Å². The van der Waals surface area contributed by atoms with Crippen LogP contribution in [0.3, 0.4) is 0 Å². The molecule has 4 aromatic rings. The van der Waals surface area contributed by atoms with Crippen LogP contribution >= 0.6 is 0 Å². The van der Waals surface area contributed by atoms with Gasteiger partial charge < -0.3 is 9.88 Å². The summed E-state index contributed by atoms with van der Waals surface area (Å²) in [4.78, 5) is 21.2. The van der Waals surface area contributed by atoms with Gasteiger partial charge in [0.2, 0.25) is 10.0 Å². The monoisotopic (exact) mass is 653 g/mol. The molecule has 2 aliphatic heterocycles. The topological polar surface area (TPSA) is 110 Å². The van der Waals surface area contributed by atoms with E-state index in [0.717, 1.165) is 55.6 Å². The number of piperidine rings is 1. The molecule has 3 atom stereocenters. The molecule has 0 radical (unpaired) electrons. The molecule has 1 aliphatic carbocycles. The van der Waals surface area contributed by atoms with Gasteiger partial charge in [0.15, 0.2) is 0 Å². The number of hydrogen-bond donors (Lipinski definition) is 2. The number of primary sulfonamides is 1. The lowest BCUT2D eigenvalue weighted by Gasteiger charge is -2.45. The van der Waals surface area contributed by atoms with Crippen molar-refractivity contribution in [3.05, 3.63) is 94.8 Å². The highest BCUT2D eigenvalue weighted by molar-refractivity contribution is 7.89. The van der Waals surface area contributed by atoms with E-state index in [-0.39, 0.29) is 22.3 Å². The van der Waals surface area contributed by atoms with E-state index in [4.69, 9.17) is 10.1 Å². The third-order valence-electron chi connectivity index (χ3n) is 11.7. The molecule has 47 heavy (non-hydrogen) atoms. The fourth-order valence-electron chi connectivity index (χ4n) is 9.32. The zero-order chi connectivity index (χ0) is 32.9. The highest BCUT2D eigenvalue weighted by Gasteiger charge is 2.44. The predicted molar refractivity (Wildman–Crippen MR) is 186 cm³/mol. The molecule has 2 bridgehead atoms. The molecule has 3 N–H and O–H groups in total. The van der Waals surface area contributed by atoms with Gasteiger partial charge in [-0.25, -0.2) is 18.5 Å². The van der Waals surface area contributed by atoms with Crippen molar-refractivity contribution in [3.63, 3.8) is 0 Å². The molecule has 1 unspecified atom stereocenters. The van der Waals surface area contributed by atoms with E-state index < -0.39 is 10.0 Å². The third kappa shape index (κ3) is 6.02. The number of benzene rings is 3. The molecular weight excluding hydrogens is 607 g/mol. The molecule has 7 rings (SSSR count). The number of fused-ring (bicyclic) bond motifs is 3. The minimum absolute atomic E-state index is 0.00602. The molecule has 3 fully saturated rings. The zero-order valence-electron chi connectivity index (χ0n) is 27.8. The quantitative estimate of drug-likeness (QED) is 0.226. The first kappa shape index (κ1) is 32.0. The van der Waals surface area contributed by atoms with Crippen molar-refractivity contribution in [2.45, 2.75) is 113 Å². The Balaban J connectivity index is 1.04. The van der Waals surface area contributed by atoms with Crippen LogP contribution in [0.1, 0.15) is 96.7 Å². The number of para-hydroxylation sites is 2. The maximum Gasteiger partial charge on any atom is 0.252 e. The van der Waals surface area contributed by atoms with Gasteiger partial charge in [0.1, 0.15) is 5.82 Å². The first-order valence-corrected chi connectivity index (χ1v) is 18.8. The number of nitrogens with zero attached hydrogens (tertiary/aromatic N) is 3. The van der Waals surface area contributed by atoms with Crippen LogP contribution in [-0.2, 0) is 15.4 Å². The summed E-state index contributed by atoms with van der Waals surface area (Å²) in [5.41, 5.74) is 5.39. The van der Waals surface area contributed by atoms with Crippen molar-refractivity contribution in [1.29, 1.82) is 0 Å². The fourth-order valence-corrected chi connectivity index (χ4v) is 10.1. The number of nitrogens with two attached hydrogens (primary N) is 1. The Morgan fingerprint density at radius 1 is 0.894 bits per heavy atom. The third-order valence-corrected chi connectivity index (χ3v) is 12.7. The van der Waals surface area contributed by atoms with Crippen molar-refractivity contribution >= 4 is 27.0 Å². The number of aryl methyl sites for hydroxylation is 2. The molecule has 3 heterocycles. The molecule has 0 spiro atoms. The number of carbonyl (C=O) groups is 1. The molecular formula is C38H47N5O3S. The van der Waals surface area contributed by atoms with E-state index in [9.17, 15) is 13.2 Å². The smallest absolute Gasteiger partial charge is 0.252 e. The summed E-state index contributed by atoms with van der Waals surface area (Å²) in [6.07, 6.45) is 9.77. The van der Waals surface area contributed by atoms with E-state index in [1.807, 2.05) is 6.92 Å². The summed E-state index contributed by atoms with van der Waals surface area (Å²) in [6, 6.07) is 24.4. The second-order valence-electron chi connectivity index (χ2n) is 14.3. The van der Waals surface area contributed by atoms with Gasteiger partial charge in [-0.2, -0.15) is 0 Å². The van der Waals surface area contributed by atoms with Crippen LogP contribution in [0.5, 0.6) is 0 Å². The van der Waals surface area contributed by atoms with Gasteiger partial charge in [0.05, 0.1) is 15.9 Å². The van der Waals surface area contributed by atoms with Gasteiger partial charge in [-0.1, -0.05) is 48.5 Å². The minimum Gasteiger partial charge on any atom is -0.349 e. The average molecular weight is 654 g/mol. The van der Waals surface area contributed by atoms with Gasteiger partial charge in [0, 0.05) is 29.7 Å². The van der Waals surface area contributed by atoms with E-state index in [0.29, 0.717) is 29.3 Å². The van der Waals surface area contributed by atoms with Crippen LogP contribution in [0.25, 0.3) is 11.0 Å². The number of amides is 1. The Morgan fingerprint density at radius 2 is 1.55 bits per heavy atom. The Hall–Kier alpha value is -3.53. The zero-order valence-corrected chi connectivity index (χ0v) is 28.6. The summed E-state index contributed by atoms with van der Waals surface area (Å²) in [6.45, 7) is 6.75. The minimum atomic E-state index is -3.92. The first-order chi connectivity index (χ1) is 22.5. The number of sulfonamides is 1. The summed E-state index contributed by atoms with van der Waals surface area (Å²) in [5.74, 6) is 0.904. The fraction of sp³-hybridized carbons (Fsp3) is 0.474. The van der Waals surface area contributed by atoms with Gasteiger partial charge >= 0.3 is 0 Å². The molecule has 8 nitrogen and oxygen atoms in total. The second kappa shape index (κ2) is 12.5. The number of nitrogens with one attached hydrogen (secondary N) is 1. The van der Waals surface area contributed by atoms with E-state index in [1.54, 1.807) is 13.0 Å². The SMILES string of the molecule is Cc1ccc(S(N)(=O)=O)c(C)c1C(=O)NC1CCC(CCN2[C@@H]3CC[C@H]2CC(n2c(C)nc4ccccc42)C3)(c2ccccc2)CC1. The van der Waals surface area contributed by atoms with Crippen LogP contribution < -0.4 is 10.5 Å². The molecule has 3 aliphatic rings. The summed E-state index contributed by atoms with van der Waals surface area (Å²) in [7, 11) is -3.92. The van der Waals surface area contributed by atoms with E-state index in [1.165, 1.54) is 42.8 Å². The molecule has 1 amide bonds. The lowest BCUT2D eigenvalue weighted by Crippen LogP contribution is -2.47. The van der Waals surface area contributed by atoms with Crippen molar-refractivity contribution in [1.82, 2.24) is 19.8 Å². The van der Waals surface area contributed by atoms with Crippen LogP contribution in [0.15, 0.2) is 71.6 Å². The molecule has 2 saturated heterocycles. The number of imidazole rings is 1. The molecule has 248 valence electrons. The first-order valence-electron chi connectivity index (χ1n) is 17.2. The van der Waals surface area contributed by atoms with Crippen molar-refractivity contribution in [3.8, 4) is 0 Å². The van der Waals surface area contributed by atoms with Crippen LogP contribution in [0.4, 0.5) is 0 Å². The Labute approximate surface area is 278 Å². The molecule has 9 heteroatoms. The van der Waals surface area contributed by atoms with Gasteiger partial charge in [-0.15, -0.1) is 0 Å². The molecule has 3 aromatic carbocycles. The number of hydrogen-bond acceptors (Lipinski definition) is 5. The molecule has 1 saturated carbocycles. The standard InChI is InChI=1S/C38H47N5O3S/c1-25-13-16-35(47(39,45)46)26(2)36(25)37(44)41-29-17-19-38(20-18-29,28-9-5-4-6-10-28)21-22-42-30-14-15-31(42)24-32(23-30)43-27(3)40-33-11-7-8-12-34(33)43/h4-13,16,29-32H,14-15,17-24H2,1-3H3,(H,41,44)(H2,39,45,46)/t29?,30-,31+,32?,38?. The van der Waals surface area contributed by atoms with Crippen LogP contribution in [0.2, 0.25) is 0 Å². The second-order valence-corrected chi connectivity index (χ2v) is 15.9. The Kier molecular flexibility index (Phi) is 8.51. The molecule has 1 aromatic heterocycles. The van der Waals surface area contributed by atoms with E-state index >= 15 is 0 Å². The highest BCUT2D eigenvalue weighted by atomic mass is 32.2. The largest absolute Gasteiger partial charge is 0.349 e. The van der Waals surface area contributed by atoms with E-state index in [2.05, 4.69) is 76.3 Å². The lowest BCUT2D eigenvalue weighted by molar-refractivity contribution is 0.0850. The van der Waals surface area contributed by atoms with Crippen molar-refractivity contribution in [2.24, 2.45) is 5.14 Å². The summed E-state index contributed by atoms with van der Waals surface area (Å²) < 4.78 is 26.8. The van der Waals surface area contributed by atoms with Crippen molar-refractivity contribution in [2.75, 3.05) is 6.54 Å². The van der Waals surface area contributed by atoms with Crippen molar-refractivity contribution < 1.29 is 13.2 Å². The number of carbonyl (C=O) groups excluding carboxylic acids is 1. The van der Waals surface area contributed by atoms with Gasteiger partial charge in [-0.3, -0.25) is 9.69 Å². The normalized spacial score (nSPS) is 26.5. The highest BCUT2D eigenvalue weighted by Crippen LogP contribution is 2.46. The summed E-state index contributed by atoms with van der Waals surface area (Å²) >= 11 is 0. The van der Waals surface area contributed by atoms with Gasteiger partial charge in [0.25, 0.3) is 5.91 Å². The predicted octanol–water partition coefficient (Wildman–Crippen LogP) is 6.48. The van der Waals surface area contributed by atoms with Crippen LogP contribution in [0, 0.1) is 20.8 Å². The van der Waals surface area contributed by atoms with Gasteiger partial charge in [-0.05, 0) is 125 Å². The Bertz CT molecular complexity index is 1880. The summed E-state index contributed by atoms with van der Waals surface area (Å²) in [5, 5.41) is 8.69.